The number of aromatic amines is 1. The van der Waals surface area contributed by atoms with E-state index in [0.717, 1.165) is 16.5 Å². The van der Waals surface area contributed by atoms with E-state index in [1.54, 1.807) is 0 Å². The largest absolute Gasteiger partial charge is 0.370 e. The van der Waals surface area contributed by atoms with Crippen LogP contribution in [0.1, 0.15) is 17.9 Å². The molecule has 0 aliphatic rings. The predicted octanol–water partition coefficient (Wildman–Crippen LogP) is 1.09. The van der Waals surface area contributed by atoms with E-state index in [2.05, 4.69) is 4.98 Å². The second kappa shape index (κ2) is 4.37. The Balaban J connectivity index is 2.41. The molecule has 0 saturated carbocycles. The quantitative estimate of drug-likeness (QED) is 0.716. The maximum atomic E-state index is 11.0. The normalized spacial score (nSPS) is 12.8. The van der Waals surface area contributed by atoms with Gasteiger partial charge in [0.15, 0.2) is 0 Å². The van der Waals surface area contributed by atoms with Crippen LogP contribution in [0.4, 0.5) is 0 Å². The first-order valence-corrected chi connectivity index (χ1v) is 5.26. The van der Waals surface area contributed by atoms with Crippen LogP contribution in [0, 0.1) is 0 Å². The van der Waals surface area contributed by atoms with Crippen molar-refractivity contribution >= 4 is 16.8 Å². The van der Waals surface area contributed by atoms with Gasteiger partial charge in [-0.1, -0.05) is 18.2 Å². The molecule has 5 N–H and O–H groups in total. The van der Waals surface area contributed by atoms with E-state index in [0.29, 0.717) is 13.0 Å². The Morgan fingerprint density at radius 2 is 2.12 bits per heavy atom. The van der Waals surface area contributed by atoms with Crippen molar-refractivity contribution in [3.8, 4) is 0 Å². The SMILES string of the molecule is NCC(CC(N)=O)c1c[nH]c2ccccc12. The molecule has 4 heteroatoms. The van der Waals surface area contributed by atoms with Crippen molar-refractivity contribution in [2.45, 2.75) is 12.3 Å². The molecule has 0 bridgehead atoms. The third-order valence-corrected chi connectivity index (χ3v) is 2.79. The molecule has 2 rings (SSSR count). The molecule has 1 aromatic heterocycles. The first kappa shape index (κ1) is 10.7. The maximum Gasteiger partial charge on any atom is 0.218 e. The van der Waals surface area contributed by atoms with Crippen LogP contribution in [0.2, 0.25) is 0 Å². The number of nitrogens with one attached hydrogen (secondary N) is 1. The number of primary amides is 1. The summed E-state index contributed by atoms with van der Waals surface area (Å²) in [4.78, 5) is 14.1. The van der Waals surface area contributed by atoms with Gasteiger partial charge in [-0.3, -0.25) is 4.79 Å². The van der Waals surface area contributed by atoms with E-state index in [-0.39, 0.29) is 11.8 Å². The number of nitrogens with two attached hydrogens (primary N) is 2. The van der Waals surface area contributed by atoms with Crippen molar-refractivity contribution in [3.05, 3.63) is 36.0 Å². The molecule has 1 aromatic carbocycles. The van der Waals surface area contributed by atoms with E-state index in [1.165, 1.54) is 0 Å². The zero-order valence-electron chi connectivity index (χ0n) is 8.94. The average molecular weight is 217 g/mol. The third kappa shape index (κ3) is 1.92. The number of carbonyl (C=O) groups excluding carboxylic acids is 1. The zero-order valence-corrected chi connectivity index (χ0v) is 8.94. The fourth-order valence-electron chi connectivity index (χ4n) is 1.99. The number of rotatable bonds is 4. The fraction of sp³-hybridized carbons (Fsp3) is 0.250. The average Bonchev–Trinajstić information content (AvgIpc) is 2.69. The molecule has 84 valence electrons. The van der Waals surface area contributed by atoms with Gasteiger partial charge in [-0.25, -0.2) is 0 Å². The molecule has 0 fully saturated rings. The second-order valence-corrected chi connectivity index (χ2v) is 3.89. The first-order chi connectivity index (χ1) is 7.72. The molecule has 2 aromatic rings. The maximum absolute atomic E-state index is 11.0. The topological polar surface area (TPSA) is 84.9 Å². The van der Waals surface area contributed by atoms with Crippen LogP contribution in [0.5, 0.6) is 0 Å². The Morgan fingerprint density at radius 1 is 1.38 bits per heavy atom. The van der Waals surface area contributed by atoms with Crippen molar-refractivity contribution < 1.29 is 4.79 Å². The van der Waals surface area contributed by atoms with E-state index < -0.39 is 0 Å². The van der Waals surface area contributed by atoms with Crippen molar-refractivity contribution in [2.75, 3.05) is 6.54 Å². The van der Waals surface area contributed by atoms with E-state index in [1.807, 2.05) is 30.5 Å². The second-order valence-electron chi connectivity index (χ2n) is 3.89. The van der Waals surface area contributed by atoms with Crippen LogP contribution in [-0.4, -0.2) is 17.4 Å². The van der Waals surface area contributed by atoms with Gasteiger partial charge in [0.2, 0.25) is 5.91 Å². The van der Waals surface area contributed by atoms with Gasteiger partial charge < -0.3 is 16.5 Å². The smallest absolute Gasteiger partial charge is 0.218 e. The summed E-state index contributed by atoms with van der Waals surface area (Å²) >= 11 is 0. The summed E-state index contributed by atoms with van der Waals surface area (Å²) in [5.41, 5.74) is 13.0. The summed E-state index contributed by atoms with van der Waals surface area (Å²) in [5.74, 6) is -0.325. The number of aromatic nitrogens is 1. The monoisotopic (exact) mass is 217 g/mol. The van der Waals surface area contributed by atoms with E-state index >= 15 is 0 Å². The van der Waals surface area contributed by atoms with Gasteiger partial charge >= 0.3 is 0 Å². The summed E-state index contributed by atoms with van der Waals surface area (Å²) < 4.78 is 0. The molecule has 1 unspecified atom stereocenters. The highest BCUT2D eigenvalue weighted by Gasteiger charge is 2.16. The third-order valence-electron chi connectivity index (χ3n) is 2.79. The fourth-order valence-corrected chi connectivity index (χ4v) is 1.99. The zero-order chi connectivity index (χ0) is 11.5. The molecular weight excluding hydrogens is 202 g/mol. The molecule has 4 nitrogen and oxygen atoms in total. The number of hydrogen-bond acceptors (Lipinski definition) is 2. The van der Waals surface area contributed by atoms with Crippen LogP contribution in [-0.2, 0) is 4.79 Å². The molecule has 0 spiro atoms. The highest BCUT2D eigenvalue weighted by atomic mass is 16.1. The van der Waals surface area contributed by atoms with E-state index in [9.17, 15) is 4.79 Å². The lowest BCUT2D eigenvalue weighted by atomic mass is 9.95. The van der Waals surface area contributed by atoms with Crippen molar-refractivity contribution in [3.63, 3.8) is 0 Å². The Kier molecular flexibility index (Phi) is 2.92. The van der Waals surface area contributed by atoms with Gasteiger partial charge in [-0.05, 0) is 18.2 Å². The number of para-hydroxylation sites is 1. The minimum Gasteiger partial charge on any atom is -0.370 e. The van der Waals surface area contributed by atoms with Crippen LogP contribution in [0.25, 0.3) is 10.9 Å². The minimum absolute atomic E-state index is 0.00588. The van der Waals surface area contributed by atoms with Crippen LogP contribution >= 0.6 is 0 Å². The Hall–Kier alpha value is -1.81. The molecule has 1 heterocycles. The number of hydrogen-bond donors (Lipinski definition) is 3. The Bertz CT molecular complexity index is 504. The summed E-state index contributed by atoms with van der Waals surface area (Å²) in [6.45, 7) is 0.421. The van der Waals surface area contributed by atoms with Crippen molar-refractivity contribution in [2.24, 2.45) is 11.5 Å². The van der Waals surface area contributed by atoms with Gasteiger partial charge in [-0.2, -0.15) is 0 Å². The van der Waals surface area contributed by atoms with Crippen LogP contribution in [0.15, 0.2) is 30.5 Å². The number of amides is 1. The number of benzene rings is 1. The summed E-state index contributed by atoms with van der Waals surface area (Å²) in [6, 6.07) is 7.95. The summed E-state index contributed by atoms with van der Waals surface area (Å²) in [7, 11) is 0. The molecule has 0 radical (unpaired) electrons. The lowest BCUT2D eigenvalue weighted by Gasteiger charge is -2.11. The van der Waals surface area contributed by atoms with Gasteiger partial charge in [0.05, 0.1) is 0 Å². The number of fused-ring (bicyclic) bond motifs is 1. The molecule has 0 aliphatic carbocycles. The molecular formula is C12H15N3O. The molecule has 0 aliphatic heterocycles. The highest BCUT2D eigenvalue weighted by molar-refractivity contribution is 5.84. The number of H-pyrrole nitrogens is 1. The van der Waals surface area contributed by atoms with Gasteiger partial charge in [-0.15, -0.1) is 0 Å². The highest BCUT2D eigenvalue weighted by Crippen LogP contribution is 2.26. The van der Waals surface area contributed by atoms with Crippen LogP contribution in [0.3, 0.4) is 0 Å². The Morgan fingerprint density at radius 3 is 2.81 bits per heavy atom. The van der Waals surface area contributed by atoms with Crippen LogP contribution < -0.4 is 11.5 Å². The lowest BCUT2D eigenvalue weighted by molar-refractivity contribution is -0.118. The standard InChI is InChI=1S/C12H15N3O/c13-6-8(5-12(14)16)10-7-15-11-4-2-1-3-9(10)11/h1-4,7-8,15H,5-6,13H2,(H2,14,16). The first-order valence-electron chi connectivity index (χ1n) is 5.26. The predicted molar refractivity (Wildman–Crippen MR) is 63.9 cm³/mol. The van der Waals surface area contributed by atoms with E-state index in [4.69, 9.17) is 11.5 Å². The van der Waals surface area contributed by atoms with Gasteiger partial charge in [0.25, 0.3) is 0 Å². The lowest BCUT2D eigenvalue weighted by Crippen LogP contribution is -2.20. The van der Waals surface area contributed by atoms with Gasteiger partial charge in [0.1, 0.15) is 0 Å². The van der Waals surface area contributed by atoms with Gasteiger partial charge in [0, 0.05) is 29.4 Å². The number of carbonyl (C=O) groups is 1. The summed E-state index contributed by atoms with van der Waals surface area (Å²) in [5, 5.41) is 1.11. The Labute approximate surface area is 93.6 Å². The van der Waals surface area contributed by atoms with Crippen molar-refractivity contribution in [1.29, 1.82) is 0 Å². The molecule has 16 heavy (non-hydrogen) atoms. The molecule has 0 saturated heterocycles. The molecule has 1 amide bonds. The summed E-state index contributed by atoms with van der Waals surface area (Å²) in [6.07, 6.45) is 2.20. The molecule has 1 atom stereocenters. The van der Waals surface area contributed by atoms with Crippen molar-refractivity contribution in [1.82, 2.24) is 4.98 Å². The minimum atomic E-state index is -0.319.